The van der Waals surface area contributed by atoms with E-state index in [1.165, 1.54) is 0 Å². The largest absolute Gasteiger partial charge is 0.481 e. The van der Waals surface area contributed by atoms with Crippen LogP contribution in [0, 0.1) is 5.92 Å². The fraction of sp³-hybridized carbons (Fsp3) is 0.692. The maximum absolute atomic E-state index is 12.3. The van der Waals surface area contributed by atoms with Gasteiger partial charge in [-0.1, -0.05) is 6.92 Å². The number of likely N-dealkylation sites (tertiary alicyclic amines) is 1. The summed E-state index contributed by atoms with van der Waals surface area (Å²) in [5.74, 6) is 0.220. The van der Waals surface area contributed by atoms with Crippen molar-refractivity contribution >= 4 is 11.9 Å². The summed E-state index contributed by atoms with van der Waals surface area (Å²) in [5.41, 5.74) is 0. The topological polar surface area (TPSA) is 99.2 Å². The zero-order valence-electron chi connectivity index (χ0n) is 11.6. The van der Waals surface area contributed by atoms with Crippen molar-refractivity contribution in [2.75, 3.05) is 13.1 Å². The second-order valence-electron chi connectivity index (χ2n) is 5.15. The number of aryl methyl sites for hydroxylation is 1. The summed E-state index contributed by atoms with van der Waals surface area (Å²) in [6.45, 7) is 3.23. The molecule has 1 aliphatic heterocycles. The minimum absolute atomic E-state index is 0.160. The van der Waals surface area contributed by atoms with Gasteiger partial charge in [0.2, 0.25) is 5.82 Å². The van der Waals surface area contributed by atoms with Gasteiger partial charge in [-0.3, -0.25) is 14.7 Å². The van der Waals surface area contributed by atoms with E-state index in [0.29, 0.717) is 31.8 Å². The summed E-state index contributed by atoms with van der Waals surface area (Å²) in [4.78, 5) is 28.8. The Hall–Kier alpha value is -1.92. The molecule has 0 radical (unpaired) electrons. The van der Waals surface area contributed by atoms with E-state index < -0.39 is 5.97 Å². The van der Waals surface area contributed by atoms with E-state index in [4.69, 9.17) is 5.11 Å². The highest BCUT2D eigenvalue weighted by Gasteiger charge is 2.26. The molecule has 0 saturated carbocycles. The number of H-pyrrole nitrogens is 1. The predicted molar refractivity (Wildman–Crippen MR) is 71.3 cm³/mol. The van der Waals surface area contributed by atoms with Crippen LogP contribution in [0.2, 0.25) is 0 Å². The number of carbonyl (C=O) groups excluding carboxylic acids is 1. The number of aliphatic carboxylic acids is 1. The minimum Gasteiger partial charge on any atom is -0.481 e. The first-order valence-corrected chi connectivity index (χ1v) is 7.02. The molecule has 7 heteroatoms. The first-order valence-electron chi connectivity index (χ1n) is 7.02. The lowest BCUT2D eigenvalue weighted by Crippen LogP contribution is -2.40. The molecule has 2 heterocycles. The van der Waals surface area contributed by atoms with Crippen LogP contribution >= 0.6 is 0 Å². The smallest absolute Gasteiger partial charge is 0.303 e. The Morgan fingerprint density at radius 1 is 1.50 bits per heavy atom. The van der Waals surface area contributed by atoms with E-state index in [1.54, 1.807) is 4.90 Å². The lowest BCUT2D eigenvalue weighted by molar-refractivity contribution is -0.137. The van der Waals surface area contributed by atoms with Gasteiger partial charge in [0.15, 0.2) is 0 Å². The average molecular weight is 280 g/mol. The van der Waals surface area contributed by atoms with Crippen LogP contribution in [0.5, 0.6) is 0 Å². The number of amides is 1. The van der Waals surface area contributed by atoms with E-state index in [0.717, 1.165) is 12.8 Å². The van der Waals surface area contributed by atoms with Gasteiger partial charge in [-0.15, -0.1) is 5.10 Å². The zero-order valence-corrected chi connectivity index (χ0v) is 11.6. The van der Waals surface area contributed by atoms with Crippen LogP contribution in [-0.4, -0.2) is 50.2 Å². The number of carboxylic acid groups (broad SMARTS) is 1. The molecule has 1 aromatic heterocycles. The Balaban J connectivity index is 1.94. The van der Waals surface area contributed by atoms with Crippen LogP contribution in [0.15, 0.2) is 0 Å². The van der Waals surface area contributed by atoms with Crippen molar-refractivity contribution in [3.05, 3.63) is 11.6 Å². The second-order valence-corrected chi connectivity index (χ2v) is 5.15. The third kappa shape index (κ3) is 3.55. The zero-order chi connectivity index (χ0) is 14.5. The molecular formula is C13H20N4O3. The SMILES string of the molecule is CCc1nc(C(=O)N2CCCC(CCC(=O)O)C2)n[nH]1. The Morgan fingerprint density at radius 2 is 2.30 bits per heavy atom. The Labute approximate surface area is 117 Å². The van der Waals surface area contributed by atoms with Gasteiger partial charge >= 0.3 is 5.97 Å². The third-order valence-electron chi connectivity index (χ3n) is 3.63. The number of rotatable bonds is 5. The molecule has 1 atom stereocenters. The van der Waals surface area contributed by atoms with Crippen molar-refractivity contribution < 1.29 is 14.7 Å². The number of nitrogens with zero attached hydrogens (tertiary/aromatic N) is 3. The number of piperidine rings is 1. The lowest BCUT2D eigenvalue weighted by Gasteiger charge is -2.31. The van der Waals surface area contributed by atoms with Crippen LogP contribution in [0.3, 0.4) is 0 Å². The first kappa shape index (κ1) is 14.5. The first-order chi connectivity index (χ1) is 9.60. The molecule has 1 aliphatic rings. The van der Waals surface area contributed by atoms with Crippen LogP contribution in [0.1, 0.15) is 49.1 Å². The number of carboxylic acids is 1. The highest BCUT2D eigenvalue weighted by Crippen LogP contribution is 2.21. The van der Waals surface area contributed by atoms with Crippen molar-refractivity contribution in [1.29, 1.82) is 0 Å². The molecule has 2 N–H and O–H groups in total. The molecule has 20 heavy (non-hydrogen) atoms. The van der Waals surface area contributed by atoms with E-state index >= 15 is 0 Å². The molecule has 1 saturated heterocycles. The summed E-state index contributed by atoms with van der Waals surface area (Å²) in [7, 11) is 0. The van der Waals surface area contributed by atoms with Gasteiger partial charge in [-0.05, 0) is 25.2 Å². The van der Waals surface area contributed by atoms with Gasteiger partial charge in [-0.25, -0.2) is 4.98 Å². The van der Waals surface area contributed by atoms with Gasteiger partial charge in [0, 0.05) is 25.9 Å². The molecule has 1 unspecified atom stereocenters. The Bertz CT molecular complexity index is 486. The molecule has 0 aromatic carbocycles. The van der Waals surface area contributed by atoms with Crippen LogP contribution in [0.25, 0.3) is 0 Å². The van der Waals surface area contributed by atoms with Gasteiger partial charge in [-0.2, -0.15) is 0 Å². The second kappa shape index (κ2) is 6.49. The fourth-order valence-corrected chi connectivity index (χ4v) is 2.50. The molecule has 0 aliphatic carbocycles. The molecule has 1 aromatic rings. The van der Waals surface area contributed by atoms with Gasteiger partial charge in [0.05, 0.1) is 0 Å². The van der Waals surface area contributed by atoms with Gasteiger partial charge < -0.3 is 10.0 Å². The highest BCUT2D eigenvalue weighted by molar-refractivity contribution is 5.90. The molecule has 0 spiro atoms. The van der Waals surface area contributed by atoms with Crippen LogP contribution < -0.4 is 0 Å². The van der Waals surface area contributed by atoms with E-state index in [9.17, 15) is 9.59 Å². The van der Waals surface area contributed by atoms with Gasteiger partial charge in [0.1, 0.15) is 5.82 Å². The molecule has 7 nitrogen and oxygen atoms in total. The molecule has 2 rings (SSSR count). The van der Waals surface area contributed by atoms with Crippen LogP contribution in [0.4, 0.5) is 0 Å². The monoisotopic (exact) mass is 280 g/mol. The third-order valence-corrected chi connectivity index (χ3v) is 3.63. The number of nitrogens with one attached hydrogen (secondary N) is 1. The number of hydrogen-bond acceptors (Lipinski definition) is 4. The lowest BCUT2D eigenvalue weighted by atomic mass is 9.93. The summed E-state index contributed by atoms with van der Waals surface area (Å²) >= 11 is 0. The van der Waals surface area contributed by atoms with Crippen molar-refractivity contribution in [3.8, 4) is 0 Å². The fourth-order valence-electron chi connectivity index (χ4n) is 2.50. The summed E-state index contributed by atoms with van der Waals surface area (Å²) in [6.07, 6.45) is 3.37. The van der Waals surface area contributed by atoms with Crippen molar-refractivity contribution in [1.82, 2.24) is 20.1 Å². The van der Waals surface area contributed by atoms with Crippen molar-refractivity contribution in [2.24, 2.45) is 5.92 Å². The summed E-state index contributed by atoms with van der Waals surface area (Å²) < 4.78 is 0. The molecule has 110 valence electrons. The Morgan fingerprint density at radius 3 is 2.95 bits per heavy atom. The number of aromatic nitrogens is 3. The van der Waals surface area contributed by atoms with Crippen molar-refractivity contribution in [3.63, 3.8) is 0 Å². The number of hydrogen-bond donors (Lipinski definition) is 2. The maximum Gasteiger partial charge on any atom is 0.303 e. The summed E-state index contributed by atoms with van der Waals surface area (Å²) in [6, 6.07) is 0. The molecule has 0 bridgehead atoms. The Kier molecular flexibility index (Phi) is 4.70. The number of carbonyl (C=O) groups is 2. The minimum atomic E-state index is -0.782. The standard InChI is InChI=1S/C13H20N4O3/c1-2-10-14-12(16-15-10)13(20)17-7-3-4-9(8-17)5-6-11(18)19/h9H,2-8H2,1H3,(H,18,19)(H,14,15,16). The molecular weight excluding hydrogens is 260 g/mol. The average Bonchev–Trinajstić information content (AvgIpc) is 2.93. The van der Waals surface area contributed by atoms with E-state index in [-0.39, 0.29) is 24.1 Å². The molecule has 1 fully saturated rings. The van der Waals surface area contributed by atoms with Gasteiger partial charge in [0.25, 0.3) is 5.91 Å². The molecule has 1 amide bonds. The predicted octanol–water partition coefficient (Wildman–Crippen LogP) is 1.08. The van der Waals surface area contributed by atoms with Crippen molar-refractivity contribution in [2.45, 2.75) is 39.0 Å². The maximum atomic E-state index is 12.3. The van der Waals surface area contributed by atoms with E-state index in [2.05, 4.69) is 15.2 Å². The normalized spacial score (nSPS) is 19.1. The van der Waals surface area contributed by atoms with Crippen LogP contribution in [-0.2, 0) is 11.2 Å². The van der Waals surface area contributed by atoms with E-state index in [1.807, 2.05) is 6.92 Å². The summed E-state index contributed by atoms with van der Waals surface area (Å²) in [5, 5.41) is 15.4. The number of aromatic amines is 1. The quantitative estimate of drug-likeness (QED) is 0.841. The highest BCUT2D eigenvalue weighted by atomic mass is 16.4.